The molecule has 0 saturated heterocycles. The molecule has 0 unspecified atom stereocenters. The number of hydrogen-bond donors (Lipinski definition) is 2. The standard InChI is InChI=1S/C12H7N5O2/c13-4-9-11(5-14)17(6-16-9)10-2-1-7(15)3-8(10)12(18)19/h1-3,6H,15H2,(H,18,19). The van der Waals surface area contributed by atoms with Crippen molar-refractivity contribution < 1.29 is 9.90 Å². The minimum absolute atomic E-state index is 0.0187. The lowest BCUT2D eigenvalue weighted by Crippen LogP contribution is -2.07. The van der Waals surface area contributed by atoms with Gasteiger partial charge in [-0.05, 0) is 18.2 Å². The van der Waals surface area contributed by atoms with Crippen molar-refractivity contribution in [2.75, 3.05) is 5.73 Å². The second-order valence-corrected chi connectivity index (χ2v) is 3.62. The fourth-order valence-electron chi connectivity index (χ4n) is 1.65. The van der Waals surface area contributed by atoms with Crippen LogP contribution in [0.3, 0.4) is 0 Å². The number of imidazole rings is 1. The van der Waals surface area contributed by atoms with Gasteiger partial charge in [0.25, 0.3) is 0 Å². The monoisotopic (exact) mass is 253 g/mol. The number of rotatable bonds is 2. The van der Waals surface area contributed by atoms with E-state index in [4.69, 9.17) is 21.4 Å². The van der Waals surface area contributed by atoms with Gasteiger partial charge in [0.05, 0.1) is 11.3 Å². The summed E-state index contributed by atoms with van der Waals surface area (Å²) in [7, 11) is 0. The van der Waals surface area contributed by atoms with Crippen LogP contribution in [0.2, 0.25) is 0 Å². The molecule has 0 atom stereocenters. The van der Waals surface area contributed by atoms with Gasteiger partial charge in [0, 0.05) is 5.69 Å². The van der Waals surface area contributed by atoms with Gasteiger partial charge in [-0.1, -0.05) is 0 Å². The van der Waals surface area contributed by atoms with E-state index >= 15 is 0 Å². The first-order valence-corrected chi connectivity index (χ1v) is 5.09. The van der Waals surface area contributed by atoms with E-state index in [1.54, 1.807) is 6.07 Å². The summed E-state index contributed by atoms with van der Waals surface area (Å²) in [5.41, 5.74) is 5.91. The van der Waals surface area contributed by atoms with Gasteiger partial charge in [0.2, 0.25) is 0 Å². The summed E-state index contributed by atoms with van der Waals surface area (Å²) in [6, 6.07) is 7.85. The van der Waals surface area contributed by atoms with Crippen molar-refractivity contribution in [2.24, 2.45) is 0 Å². The summed E-state index contributed by atoms with van der Waals surface area (Å²) in [4.78, 5) is 14.9. The highest BCUT2D eigenvalue weighted by atomic mass is 16.4. The Labute approximate surface area is 107 Å². The maximum Gasteiger partial charge on any atom is 0.337 e. The number of nitrogens with two attached hydrogens (primary N) is 1. The van der Waals surface area contributed by atoms with Crippen molar-refractivity contribution in [1.29, 1.82) is 10.5 Å². The second kappa shape index (κ2) is 4.51. The number of aromatic nitrogens is 2. The molecular formula is C12H7N5O2. The lowest BCUT2D eigenvalue weighted by Gasteiger charge is -2.08. The van der Waals surface area contributed by atoms with Crippen molar-refractivity contribution in [1.82, 2.24) is 9.55 Å². The molecule has 0 saturated carbocycles. The molecule has 1 aromatic carbocycles. The van der Waals surface area contributed by atoms with Crippen LogP contribution in [-0.2, 0) is 0 Å². The molecule has 1 heterocycles. The predicted molar refractivity (Wildman–Crippen MR) is 64.4 cm³/mol. The van der Waals surface area contributed by atoms with Crippen molar-refractivity contribution in [3.8, 4) is 17.8 Å². The van der Waals surface area contributed by atoms with Crippen LogP contribution in [0.5, 0.6) is 0 Å². The van der Waals surface area contributed by atoms with Crippen LogP contribution in [-0.4, -0.2) is 20.6 Å². The number of benzene rings is 1. The lowest BCUT2D eigenvalue weighted by atomic mass is 10.1. The number of carboxylic acid groups (broad SMARTS) is 1. The highest BCUT2D eigenvalue weighted by molar-refractivity contribution is 5.93. The van der Waals surface area contributed by atoms with Gasteiger partial charge < -0.3 is 10.8 Å². The summed E-state index contributed by atoms with van der Waals surface area (Å²) in [5, 5.41) is 27.0. The third-order valence-corrected chi connectivity index (χ3v) is 2.49. The first-order chi connectivity index (χ1) is 9.08. The zero-order valence-electron chi connectivity index (χ0n) is 9.53. The van der Waals surface area contributed by atoms with E-state index in [9.17, 15) is 4.79 Å². The molecule has 92 valence electrons. The molecule has 7 nitrogen and oxygen atoms in total. The van der Waals surface area contributed by atoms with E-state index in [1.807, 2.05) is 6.07 Å². The minimum atomic E-state index is -1.18. The number of nitrogens with zero attached hydrogens (tertiary/aromatic N) is 4. The van der Waals surface area contributed by atoms with Crippen LogP contribution in [0.1, 0.15) is 21.7 Å². The fraction of sp³-hybridized carbons (Fsp3) is 0. The van der Waals surface area contributed by atoms with Gasteiger partial charge in [-0.2, -0.15) is 10.5 Å². The van der Waals surface area contributed by atoms with E-state index in [0.717, 1.165) is 0 Å². The van der Waals surface area contributed by atoms with Crippen molar-refractivity contribution >= 4 is 11.7 Å². The van der Waals surface area contributed by atoms with Crippen molar-refractivity contribution in [2.45, 2.75) is 0 Å². The van der Waals surface area contributed by atoms with Crippen LogP contribution in [0.15, 0.2) is 24.5 Å². The third-order valence-electron chi connectivity index (χ3n) is 2.49. The number of nitriles is 2. The van der Waals surface area contributed by atoms with Crippen LogP contribution in [0.4, 0.5) is 5.69 Å². The first-order valence-electron chi connectivity index (χ1n) is 5.09. The van der Waals surface area contributed by atoms with Crippen molar-refractivity contribution in [3.05, 3.63) is 41.5 Å². The molecule has 3 N–H and O–H groups in total. The lowest BCUT2D eigenvalue weighted by molar-refractivity contribution is 0.0697. The Bertz CT molecular complexity index is 748. The predicted octanol–water partition coefficient (Wildman–Crippen LogP) is 0.896. The van der Waals surface area contributed by atoms with E-state index in [2.05, 4.69) is 4.98 Å². The summed E-state index contributed by atoms with van der Waals surface area (Å²) >= 11 is 0. The quantitative estimate of drug-likeness (QED) is 0.765. The minimum Gasteiger partial charge on any atom is -0.478 e. The average Bonchev–Trinajstić information content (AvgIpc) is 2.81. The number of anilines is 1. The maximum absolute atomic E-state index is 11.2. The summed E-state index contributed by atoms with van der Waals surface area (Å²) in [6.45, 7) is 0. The third kappa shape index (κ3) is 1.96. The van der Waals surface area contributed by atoms with Gasteiger partial charge in [-0.15, -0.1) is 0 Å². The summed E-state index contributed by atoms with van der Waals surface area (Å²) in [5.74, 6) is -1.18. The largest absolute Gasteiger partial charge is 0.478 e. The average molecular weight is 253 g/mol. The molecule has 0 aliphatic carbocycles. The smallest absolute Gasteiger partial charge is 0.337 e. The van der Waals surface area contributed by atoms with Crippen molar-refractivity contribution in [3.63, 3.8) is 0 Å². The molecule has 1 aromatic heterocycles. The van der Waals surface area contributed by atoms with Crippen LogP contribution < -0.4 is 5.73 Å². The molecule has 0 aliphatic rings. The Kier molecular flexibility index (Phi) is 2.88. The number of aromatic carboxylic acids is 1. The SMILES string of the molecule is N#Cc1ncn(-c2ccc(N)cc2C(=O)O)c1C#N. The molecule has 0 spiro atoms. The van der Waals surface area contributed by atoms with Crippen LogP contribution in [0.25, 0.3) is 5.69 Å². The molecule has 0 amide bonds. The first kappa shape index (κ1) is 12.1. The topological polar surface area (TPSA) is 129 Å². The molecular weight excluding hydrogens is 246 g/mol. The van der Waals surface area contributed by atoms with Crippen LogP contribution in [0, 0.1) is 22.7 Å². The van der Waals surface area contributed by atoms with Gasteiger partial charge in [0.1, 0.15) is 18.5 Å². The number of carbonyl (C=O) groups is 1. The maximum atomic E-state index is 11.2. The van der Waals surface area contributed by atoms with E-state index < -0.39 is 5.97 Å². The van der Waals surface area contributed by atoms with Gasteiger partial charge in [0.15, 0.2) is 11.4 Å². The van der Waals surface area contributed by atoms with Gasteiger partial charge >= 0.3 is 5.97 Å². The van der Waals surface area contributed by atoms with E-state index in [-0.39, 0.29) is 22.6 Å². The molecule has 0 bridgehead atoms. The summed E-state index contributed by atoms with van der Waals surface area (Å²) < 4.78 is 1.25. The highest BCUT2D eigenvalue weighted by Gasteiger charge is 2.17. The number of nitrogen functional groups attached to an aromatic ring is 1. The Balaban J connectivity index is 2.74. The highest BCUT2D eigenvalue weighted by Crippen LogP contribution is 2.21. The van der Waals surface area contributed by atoms with E-state index in [1.165, 1.54) is 29.1 Å². The Morgan fingerprint density at radius 1 is 1.37 bits per heavy atom. The van der Waals surface area contributed by atoms with Gasteiger partial charge in [-0.25, -0.2) is 9.78 Å². The normalized spacial score (nSPS) is 9.58. The Morgan fingerprint density at radius 3 is 2.68 bits per heavy atom. The molecule has 19 heavy (non-hydrogen) atoms. The Hall–Kier alpha value is -3.32. The molecule has 0 aliphatic heterocycles. The van der Waals surface area contributed by atoms with Crippen LogP contribution >= 0.6 is 0 Å². The molecule has 7 heteroatoms. The molecule has 2 rings (SSSR count). The Morgan fingerprint density at radius 2 is 2.11 bits per heavy atom. The number of carboxylic acids is 1. The molecule has 0 fully saturated rings. The second-order valence-electron chi connectivity index (χ2n) is 3.62. The van der Waals surface area contributed by atoms with E-state index in [0.29, 0.717) is 5.69 Å². The molecule has 0 radical (unpaired) electrons. The van der Waals surface area contributed by atoms with Gasteiger partial charge in [-0.3, -0.25) is 4.57 Å². The molecule has 2 aromatic rings. The zero-order chi connectivity index (χ0) is 14.0. The fourth-order valence-corrected chi connectivity index (χ4v) is 1.65. The summed E-state index contributed by atoms with van der Waals surface area (Å²) in [6.07, 6.45) is 1.23. The number of hydrogen-bond acceptors (Lipinski definition) is 5. The zero-order valence-corrected chi connectivity index (χ0v) is 9.53.